The maximum absolute atomic E-state index is 9.02. The Bertz CT molecular complexity index is 387. The predicted molar refractivity (Wildman–Crippen MR) is 68.4 cm³/mol. The SMILES string of the molecule is CCC(COC)Nc1ccc(Br)cc1C#N. The van der Waals surface area contributed by atoms with Gasteiger partial charge in [-0.05, 0) is 24.6 Å². The van der Waals surface area contributed by atoms with Crippen molar-refractivity contribution in [3.8, 4) is 6.07 Å². The molecule has 0 radical (unpaired) electrons. The first-order chi connectivity index (χ1) is 7.71. The van der Waals surface area contributed by atoms with E-state index in [1.807, 2.05) is 18.2 Å². The van der Waals surface area contributed by atoms with Crippen LogP contribution in [0.25, 0.3) is 0 Å². The van der Waals surface area contributed by atoms with Gasteiger partial charge in [-0.3, -0.25) is 0 Å². The van der Waals surface area contributed by atoms with Gasteiger partial charge in [-0.25, -0.2) is 0 Å². The van der Waals surface area contributed by atoms with E-state index in [1.54, 1.807) is 7.11 Å². The highest BCUT2D eigenvalue weighted by molar-refractivity contribution is 9.10. The quantitative estimate of drug-likeness (QED) is 0.902. The Morgan fingerprint density at radius 1 is 1.56 bits per heavy atom. The molecule has 16 heavy (non-hydrogen) atoms. The van der Waals surface area contributed by atoms with Gasteiger partial charge in [0.15, 0.2) is 0 Å². The molecule has 1 aromatic carbocycles. The number of nitrogens with zero attached hydrogens (tertiary/aromatic N) is 1. The largest absolute Gasteiger partial charge is 0.383 e. The van der Waals surface area contributed by atoms with Crippen molar-refractivity contribution in [3.05, 3.63) is 28.2 Å². The molecule has 1 rings (SSSR count). The topological polar surface area (TPSA) is 45.0 Å². The fourth-order valence-electron chi connectivity index (χ4n) is 1.42. The van der Waals surface area contributed by atoms with E-state index in [-0.39, 0.29) is 6.04 Å². The number of ether oxygens (including phenoxy) is 1. The molecule has 86 valence electrons. The number of hydrogen-bond acceptors (Lipinski definition) is 3. The Balaban J connectivity index is 2.83. The summed E-state index contributed by atoms with van der Waals surface area (Å²) in [6.07, 6.45) is 0.953. The summed E-state index contributed by atoms with van der Waals surface area (Å²) in [6, 6.07) is 8.04. The smallest absolute Gasteiger partial charge is 0.101 e. The monoisotopic (exact) mass is 282 g/mol. The molecule has 0 aliphatic carbocycles. The summed E-state index contributed by atoms with van der Waals surface area (Å²) in [4.78, 5) is 0. The highest BCUT2D eigenvalue weighted by Gasteiger charge is 2.08. The average Bonchev–Trinajstić information content (AvgIpc) is 2.30. The lowest BCUT2D eigenvalue weighted by Crippen LogP contribution is -2.24. The van der Waals surface area contributed by atoms with Crippen LogP contribution in [0.2, 0.25) is 0 Å². The van der Waals surface area contributed by atoms with E-state index in [4.69, 9.17) is 10.00 Å². The van der Waals surface area contributed by atoms with Gasteiger partial charge >= 0.3 is 0 Å². The molecule has 0 heterocycles. The van der Waals surface area contributed by atoms with Gasteiger partial charge in [-0.15, -0.1) is 0 Å². The molecule has 0 spiro atoms. The van der Waals surface area contributed by atoms with Crippen molar-refractivity contribution in [1.82, 2.24) is 0 Å². The second kappa shape index (κ2) is 6.51. The molecule has 1 atom stereocenters. The summed E-state index contributed by atoms with van der Waals surface area (Å²) in [7, 11) is 1.68. The van der Waals surface area contributed by atoms with E-state index in [2.05, 4.69) is 34.2 Å². The van der Waals surface area contributed by atoms with Crippen molar-refractivity contribution >= 4 is 21.6 Å². The number of nitriles is 1. The molecule has 3 nitrogen and oxygen atoms in total. The normalized spacial score (nSPS) is 11.9. The minimum absolute atomic E-state index is 0.235. The first-order valence-electron chi connectivity index (χ1n) is 5.16. The molecule has 0 aliphatic heterocycles. The van der Waals surface area contributed by atoms with Crippen molar-refractivity contribution in [1.29, 1.82) is 5.26 Å². The summed E-state index contributed by atoms with van der Waals surface area (Å²) >= 11 is 3.35. The van der Waals surface area contributed by atoms with E-state index in [9.17, 15) is 0 Å². The zero-order valence-corrected chi connectivity index (χ0v) is 11.0. The van der Waals surface area contributed by atoms with E-state index in [1.165, 1.54) is 0 Å². The Hall–Kier alpha value is -1.05. The van der Waals surface area contributed by atoms with Crippen LogP contribution in [0, 0.1) is 11.3 Å². The standard InChI is InChI=1S/C12H15BrN2O/c1-3-11(8-16-2)15-12-5-4-10(13)6-9(12)7-14/h4-6,11,15H,3,8H2,1-2H3. The Morgan fingerprint density at radius 3 is 2.88 bits per heavy atom. The first-order valence-corrected chi connectivity index (χ1v) is 5.95. The van der Waals surface area contributed by atoms with Crippen molar-refractivity contribution in [2.24, 2.45) is 0 Å². The van der Waals surface area contributed by atoms with Crippen LogP contribution in [0.1, 0.15) is 18.9 Å². The second-order valence-electron chi connectivity index (χ2n) is 3.51. The van der Waals surface area contributed by atoms with E-state index >= 15 is 0 Å². The van der Waals surface area contributed by atoms with Crippen LogP contribution in [0.3, 0.4) is 0 Å². The fraction of sp³-hybridized carbons (Fsp3) is 0.417. The van der Waals surface area contributed by atoms with E-state index in [0.717, 1.165) is 16.6 Å². The van der Waals surface area contributed by atoms with Crippen LogP contribution in [0.5, 0.6) is 0 Å². The van der Waals surface area contributed by atoms with Gasteiger partial charge in [0, 0.05) is 17.6 Å². The van der Waals surface area contributed by atoms with E-state index in [0.29, 0.717) is 12.2 Å². The Labute approximate surface area is 105 Å². The third-order valence-corrected chi connectivity index (χ3v) is 2.82. The fourth-order valence-corrected chi connectivity index (χ4v) is 1.78. The summed E-state index contributed by atoms with van der Waals surface area (Å²) in [6.45, 7) is 2.72. The Morgan fingerprint density at radius 2 is 2.31 bits per heavy atom. The summed E-state index contributed by atoms with van der Waals surface area (Å²) in [5, 5.41) is 12.3. The summed E-state index contributed by atoms with van der Waals surface area (Å²) < 4.78 is 6.02. The number of methoxy groups -OCH3 is 1. The van der Waals surface area contributed by atoms with Crippen LogP contribution in [-0.2, 0) is 4.74 Å². The molecule has 0 bridgehead atoms. The number of rotatable bonds is 5. The molecule has 0 aliphatic rings. The van der Waals surface area contributed by atoms with Gasteiger partial charge in [0.1, 0.15) is 6.07 Å². The number of anilines is 1. The minimum Gasteiger partial charge on any atom is -0.383 e. The maximum atomic E-state index is 9.02. The molecule has 1 aromatic rings. The van der Waals surface area contributed by atoms with Crippen molar-refractivity contribution in [2.75, 3.05) is 19.0 Å². The molecular formula is C12H15BrN2O. The number of halogens is 1. The third kappa shape index (κ3) is 3.51. The molecule has 4 heteroatoms. The van der Waals surface area contributed by atoms with Crippen LogP contribution in [-0.4, -0.2) is 19.8 Å². The predicted octanol–water partition coefficient (Wildman–Crippen LogP) is 3.16. The molecule has 0 aromatic heterocycles. The number of nitrogens with one attached hydrogen (secondary N) is 1. The minimum atomic E-state index is 0.235. The maximum Gasteiger partial charge on any atom is 0.101 e. The average molecular weight is 283 g/mol. The summed E-state index contributed by atoms with van der Waals surface area (Å²) in [5.74, 6) is 0. The molecule has 0 fully saturated rings. The molecule has 0 amide bonds. The zero-order valence-electron chi connectivity index (χ0n) is 9.46. The van der Waals surface area contributed by atoms with Gasteiger partial charge < -0.3 is 10.1 Å². The first kappa shape index (κ1) is 13.0. The van der Waals surface area contributed by atoms with Crippen LogP contribution >= 0.6 is 15.9 Å². The highest BCUT2D eigenvalue weighted by atomic mass is 79.9. The molecular weight excluding hydrogens is 268 g/mol. The van der Waals surface area contributed by atoms with E-state index < -0.39 is 0 Å². The summed E-state index contributed by atoms with van der Waals surface area (Å²) in [5.41, 5.74) is 1.50. The highest BCUT2D eigenvalue weighted by Crippen LogP contribution is 2.21. The third-order valence-electron chi connectivity index (χ3n) is 2.32. The lowest BCUT2D eigenvalue weighted by atomic mass is 10.1. The van der Waals surface area contributed by atoms with Crippen LogP contribution in [0.4, 0.5) is 5.69 Å². The van der Waals surface area contributed by atoms with Gasteiger partial charge in [-0.1, -0.05) is 22.9 Å². The van der Waals surface area contributed by atoms with Crippen molar-refractivity contribution < 1.29 is 4.74 Å². The van der Waals surface area contributed by atoms with Gasteiger partial charge in [-0.2, -0.15) is 5.26 Å². The lowest BCUT2D eigenvalue weighted by molar-refractivity contribution is 0.184. The second-order valence-corrected chi connectivity index (χ2v) is 4.42. The zero-order chi connectivity index (χ0) is 12.0. The number of benzene rings is 1. The van der Waals surface area contributed by atoms with Crippen molar-refractivity contribution in [3.63, 3.8) is 0 Å². The molecule has 0 saturated heterocycles. The van der Waals surface area contributed by atoms with Gasteiger partial charge in [0.05, 0.1) is 17.9 Å². The molecule has 0 saturated carbocycles. The van der Waals surface area contributed by atoms with Crippen LogP contribution < -0.4 is 5.32 Å². The molecule has 1 unspecified atom stereocenters. The van der Waals surface area contributed by atoms with Crippen molar-refractivity contribution in [2.45, 2.75) is 19.4 Å². The van der Waals surface area contributed by atoms with Crippen LogP contribution in [0.15, 0.2) is 22.7 Å². The lowest BCUT2D eigenvalue weighted by Gasteiger charge is -2.18. The van der Waals surface area contributed by atoms with Gasteiger partial charge in [0.25, 0.3) is 0 Å². The number of hydrogen-bond donors (Lipinski definition) is 1. The Kier molecular flexibility index (Phi) is 5.30. The molecule has 1 N–H and O–H groups in total. The van der Waals surface area contributed by atoms with Gasteiger partial charge in [0.2, 0.25) is 0 Å².